The molecule has 2 aromatic carbocycles. The Kier molecular flexibility index (Phi) is 6.20. The standard InChI is InChI=1S/C21H18F3N3O3/c1-30-17-8-4-14(5-9-17)18-10-11-19(28)27(26-18)13-12-25-20(29)15-2-6-16(7-3-15)21(22,23)24/h2-11H,12-13H2,1H3,(H,25,29). The summed E-state index contributed by atoms with van der Waals surface area (Å²) in [5.74, 6) is 0.154. The second kappa shape index (κ2) is 8.81. The SMILES string of the molecule is COc1ccc(-c2ccc(=O)n(CCNC(=O)c3ccc(C(F)(F)F)cc3)n2)cc1. The fourth-order valence-electron chi connectivity index (χ4n) is 2.71. The molecule has 0 aliphatic heterocycles. The molecule has 1 aromatic heterocycles. The predicted molar refractivity (Wildman–Crippen MR) is 104 cm³/mol. The summed E-state index contributed by atoms with van der Waals surface area (Å²) in [4.78, 5) is 24.2. The summed E-state index contributed by atoms with van der Waals surface area (Å²) in [6.45, 7) is 0.189. The maximum absolute atomic E-state index is 12.6. The maximum atomic E-state index is 12.6. The van der Waals surface area contributed by atoms with Gasteiger partial charge in [-0.3, -0.25) is 9.59 Å². The first-order valence-electron chi connectivity index (χ1n) is 8.96. The highest BCUT2D eigenvalue weighted by molar-refractivity contribution is 5.94. The van der Waals surface area contributed by atoms with Crippen LogP contribution in [0.4, 0.5) is 13.2 Å². The lowest BCUT2D eigenvalue weighted by Crippen LogP contribution is -2.32. The zero-order chi connectivity index (χ0) is 21.7. The Balaban J connectivity index is 1.64. The molecule has 0 spiro atoms. The van der Waals surface area contributed by atoms with Crippen LogP contribution in [0, 0.1) is 0 Å². The van der Waals surface area contributed by atoms with Crippen LogP contribution in [-0.2, 0) is 12.7 Å². The quantitative estimate of drug-likeness (QED) is 0.668. The number of benzene rings is 2. The number of aromatic nitrogens is 2. The van der Waals surface area contributed by atoms with Crippen molar-refractivity contribution in [1.82, 2.24) is 15.1 Å². The van der Waals surface area contributed by atoms with E-state index in [1.165, 1.54) is 10.7 Å². The van der Waals surface area contributed by atoms with E-state index in [-0.39, 0.29) is 24.2 Å². The van der Waals surface area contributed by atoms with Crippen LogP contribution in [0.5, 0.6) is 5.75 Å². The van der Waals surface area contributed by atoms with Crippen LogP contribution in [-0.4, -0.2) is 29.3 Å². The number of hydrogen-bond acceptors (Lipinski definition) is 4. The van der Waals surface area contributed by atoms with Gasteiger partial charge in [-0.2, -0.15) is 18.3 Å². The normalized spacial score (nSPS) is 11.2. The third kappa shape index (κ3) is 5.05. The zero-order valence-corrected chi connectivity index (χ0v) is 15.9. The number of alkyl halides is 3. The van der Waals surface area contributed by atoms with Crippen LogP contribution in [0.3, 0.4) is 0 Å². The first-order chi connectivity index (χ1) is 14.3. The lowest BCUT2D eigenvalue weighted by molar-refractivity contribution is -0.137. The van der Waals surface area contributed by atoms with E-state index in [9.17, 15) is 22.8 Å². The summed E-state index contributed by atoms with van der Waals surface area (Å²) in [5.41, 5.74) is 0.293. The van der Waals surface area contributed by atoms with E-state index in [1.54, 1.807) is 25.3 Å². The lowest BCUT2D eigenvalue weighted by Gasteiger charge is -2.10. The molecule has 1 heterocycles. The minimum atomic E-state index is -4.46. The van der Waals surface area contributed by atoms with Crippen molar-refractivity contribution in [2.45, 2.75) is 12.7 Å². The van der Waals surface area contributed by atoms with Gasteiger partial charge in [-0.1, -0.05) is 0 Å². The molecular weight excluding hydrogens is 399 g/mol. The molecule has 0 aliphatic rings. The third-order valence-corrected chi connectivity index (χ3v) is 4.34. The summed E-state index contributed by atoms with van der Waals surface area (Å²) in [6.07, 6.45) is -4.46. The number of carbonyl (C=O) groups is 1. The van der Waals surface area contributed by atoms with Crippen LogP contribution < -0.4 is 15.6 Å². The Hall–Kier alpha value is -3.62. The van der Waals surface area contributed by atoms with E-state index in [4.69, 9.17) is 4.74 Å². The van der Waals surface area contributed by atoms with Crippen LogP contribution in [0.25, 0.3) is 11.3 Å². The summed E-state index contributed by atoms with van der Waals surface area (Å²) in [6, 6.07) is 14.0. The Morgan fingerprint density at radius 3 is 2.30 bits per heavy atom. The highest BCUT2D eigenvalue weighted by Gasteiger charge is 2.30. The smallest absolute Gasteiger partial charge is 0.416 e. The molecule has 0 saturated heterocycles. The number of hydrogen-bond donors (Lipinski definition) is 1. The Morgan fingerprint density at radius 1 is 1.03 bits per heavy atom. The number of carbonyl (C=O) groups excluding carboxylic acids is 1. The molecule has 0 atom stereocenters. The van der Waals surface area contributed by atoms with Crippen molar-refractivity contribution >= 4 is 5.91 Å². The summed E-state index contributed by atoms with van der Waals surface area (Å²) < 4.78 is 44.1. The van der Waals surface area contributed by atoms with Crippen LogP contribution in [0.15, 0.2) is 65.5 Å². The number of halogens is 3. The van der Waals surface area contributed by atoms with Gasteiger partial charge in [0.1, 0.15) is 5.75 Å². The Labute approximate surface area is 169 Å². The van der Waals surface area contributed by atoms with Crippen molar-refractivity contribution in [3.8, 4) is 17.0 Å². The number of ether oxygens (including phenoxy) is 1. The van der Waals surface area contributed by atoms with Crippen LogP contribution in [0.1, 0.15) is 15.9 Å². The van der Waals surface area contributed by atoms with Gasteiger partial charge < -0.3 is 10.1 Å². The molecular formula is C21H18F3N3O3. The van der Waals surface area contributed by atoms with Gasteiger partial charge in [0.05, 0.1) is 24.9 Å². The van der Waals surface area contributed by atoms with Crippen molar-refractivity contribution in [3.63, 3.8) is 0 Å². The minimum Gasteiger partial charge on any atom is -0.497 e. The monoisotopic (exact) mass is 417 g/mol. The topological polar surface area (TPSA) is 73.2 Å². The van der Waals surface area contributed by atoms with E-state index in [2.05, 4.69) is 10.4 Å². The number of nitrogens with one attached hydrogen (secondary N) is 1. The van der Waals surface area contributed by atoms with E-state index in [0.29, 0.717) is 11.4 Å². The largest absolute Gasteiger partial charge is 0.497 e. The Morgan fingerprint density at radius 2 is 1.70 bits per heavy atom. The molecule has 0 radical (unpaired) electrons. The molecule has 0 saturated carbocycles. The van der Waals surface area contributed by atoms with Gasteiger partial charge in [-0.15, -0.1) is 0 Å². The maximum Gasteiger partial charge on any atom is 0.416 e. The van der Waals surface area contributed by atoms with E-state index >= 15 is 0 Å². The molecule has 0 aliphatic carbocycles. The first-order valence-corrected chi connectivity index (χ1v) is 8.96. The van der Waals surface area contributed by atoms with Gasteiger partial charge in [0, 0.05) is 23.7 Å². The van der Waals surface area contributed by atoms with Crippen LogP contribution in [0.2, 0.25) is 0 Å². The van der Waals surface area contributed by atoms with Crippen molar-refractivity contribution in [2.75, 3.05) is 13.7 Å². The third-order valence-electron chi connectivity index (χ3n) is 4.34. The number of amides is 1. The van der Waals surface area contributed by atoms with Crippen molar-refractivity contribution < 1.29 is 22.7 Å². The molecule has 30 heavy (non-hydrogen) atoms. The molecule has 3 aromatic rings. The van der Waals surface area contributed by atoms with Crippen molar-refractivity contribution in [1.29, 1.82) is 0 Å². The fraction of sp³-hybridized carbons (Fsp3) is 0.190. The molecule has 1 N–H and O–H groups in total. The van der Waals surface area contributed by atoms with Gasteiger partial charge in [0.15, 0.2) is 0 Å². The second-order valence-corrected chi connectivity index (χ2v) is 6.34. The number of nitrogens with zero attached hydrogens (tertiary/aromatic N) is 2. The molecule has 0 unspecified atom stereocenters. The van der Waals surface area contributed by atoms with Crippen molar-refractivity contribution in [2.24, 2.45) is 0 Å². The fourth-order valence-corrected chi connectivity index (χ4v) is 2.71. The summed E-state index contributed by atoms with van der Waals surface area (Å²) >= 11 is 0. The molecule has 6 nitrogen and oxygen atoms in total. The second-order valence-electron chi connectivity index (χ2n) is 6.34. The average Bonchev–Trinajstić information content (AvgIpc) is 2.74. The van der Waals surface area contributed by atoms with Crippen molar-refractivity contribution in [3.05, 3.63) is 82.1 Å². The van der Waals surface area contributed by atoms with Gasteiger partial charge in [-0.25, -0.2) is 4.68 Å². The predicted octanol–water partition coefficient (Wildman–Crippen LogP) is 3.37. The molecule has 0 bridgehead atoms. The zero-order valence-electron chi connectivity index (χ0n) is 15.9. The van der Waals surface area contributed by atoms with Gasteiger partial charge in [0.2, 0.25) is 0 Å². The summed E-state index contributed by atoms with van der Waals surface area (Å²) in [7, 11) is 1.56. The number of methoxy groups -OCH3 is 1. The Bertz CT molecular complexity index is 1080. The van der Waals surface area contributed by atoms with Gasteiger partial charge in [0.25, 0.3) is 11.5 Å². The molecule has 3 rings (SSSR count). The lowest BCUT2D eigenvalue weighted by atomic mass is 10.1. The highest BCUT2D eigenvalue weighted by Crippen LogP contribution is 2.29. The van der Waals surface area contributed by atoms with E-state index in [1.807, 2.05) is 12.1 Å². The average molecular weight is 417 g/mol. The highest BCUT2D eigenvalue weighted by atomic mass is 19.4. The molecule has 0 fully saturated rings. The van der Waals surface area contributed by atoms with Gasteiger partial charge >= 0.3 is 6.18 Å². The molecule has 156 valence electrons. The molecule has 1 amide bonds. The minimum absolute atomic E-state index is 0.0822. The first kappa shape index (κ1) is 21.1. The number of rotatable bonds is 6. The van der Waals surface area contributed by atoms with Crippen LogP contribution >= 0.6 is 0 Å². The summed E-state index contributed by atoms with van der Waals surface area (Å²) in [5, 5.41) is 6.86. The molecule has 9 heteroatoms. The van der Waals surface area contributed by atoms with E-state index < -0.39 is 17.6 Å². The van der Waals surface area contributed by atoms with E-state index in [0.717, 1.165) is 29.8 Å². The van der Waals surface area contributed by atoms with Gasteiger partial charge in [-0.05, 0) is 54.6 Å².